The van der Waals surface area contributed by atoms with Crippen molar-refractivity contribution in [2.75, 3.05) is 20.8 Å². The van der Waals surface area contributed by atoms with E-state index < -0.39 is 11.9 Å². The Hall–Kier alpha value is -4.20. The maximum Gasteiger partial charge on any atom is 0.339 e. The van der Waals surface area contributed by atoms with E-state index in [4.69, 9.17) is 14.2 Å². The first-order valence-electron chi connectivity index (χ1n) is 9.95. The third-order valence-corrected chi connectivity index (χ3v) is 5.00. The van der Waals surface area contributed by atoms with Gasteiger partial charge in [-0.15, -0.1) is 0 Å². The second-order valence-corrected chi connectivity index (χ2v) is 6.87. The summed E-state index contributed by atoms with van der Waals surface area (Å²) < 4.78 is 15.3. The first kappa shape index (κ1) is 21.0. The molecule has 0 unspecified atom stereocenters. The fourth-order valence-corrected chi connectivity index (χ4v) is 3.40. The van der Waals surface area contributed by atoms with Crippen molar-refractivity contribution in [1.82, 2.24) is 15.2 Å². The van der Waals surface area contributed by atoms with Crippen LogP contribution in [0.15, 0.2) is 54.6 Å². The van der Waals surface area contributed by atoms with Gasteiger partial charge in [0.15, 0.2) is 5.65 Å². The summed E-state index contributed by atoms with van der Waals surface area (Å²) in [7, 11) is 2.93. The van der Waals surface area contributed by atoms with Crippen molar-refractivity contribution in [1.29, 1.82) is 0 Å². The van der Waals surface area contributed by atoms with Gasteiger partial charge in [0.1, 0.15) is 5.75 Å². The lowest BCUT2D eigenvalue weighted by molar-refractivity contribution is 0.0527. The number of aromatic amines is 1. The lowest BCUT2D eigenvalue weighted by Crippen LogP contribution is -2.06. The van der Waals surface area contributed by atoms with Crippen LogP contribution in [0.5, 0.6) is 5.75 Å². The molecule has 0 amide bonds. The van der Waals surface area contributed by atoms with E-state index in [0.717, 1.165) is 16.9 Å². The summed E-state index contributed by atoms with van der Waals surface area (Å²) in [4.78, 5) is 29.2. The Kier molecular flexibility index (Phi) is 5.85. The fraction of sp³-hybridized carbons (Fsp3) is 0.167. The van der Waals surface area contributed by atoms with Crippen molar-refractivity contribution in [3.8, 4) is 28.3 Å². The lowest BCUT2D eigenvalue weighted by Gasteiger charge is -2.09. The van der Waals surface area contributed by atoms with Crippen LogP contribution in [0.1, 0.15) is 27.6 Å². The number of hydrogen-bond donors (Lipinski definition) is 1. The van der Waals surface area contributed by atoms with Gasteiger partial charge < -0.3 is 14.2 Å². The van der Waals surface area contributed by atoms with Crippen LogP contribution in [0.2, 0.25) is 0 Å². The van der Waals surface area contributed by atoms with Gasteiger partial charge in [-0.25, -0.2) is 14.6 Å². The molecule has 2 heterocycles. The van der Waals surface area contributed by atoms with Gasteiger partial charge in [-0.05, 0) is 49.4 Å². The Balaban J connectivity index is 1.85. The van der Waals surface area contributed by atoms with Crippen molar-refractivity contribution in [3.05, 3.63) is 65.7 Å². The van der Waals surface area contributed by atoms with Crippen molar-refractivity contribution in [2.45, 2.75) is 6.92 Å². The van der Waals surface area contributed by atoms with Crippen LogP contribution in [-0.4, -0.2) is 47.9 Å². The predicted octanol–water partition coefficient (Wildman–Crippen LogP) is 4.26. The number of methoxy groups -OCH3 is 2. The first-order chi connectivity index (χ1) is 15.5. The number of carbonyl (C=O) groups excluding carboxylic acids is 2. The van der Waals surface area contributed by atoms with Crippen LogP contribution < -0.4 is 4.74 Å². The zero-order chi connectivity index (χ0) is 22.7. The summed E-state index contributed by atoms with van der Waals surface area (Å²) in [6.45, 7) is 1.99. The third-order valence-electron chi connectivity index (χ3n) is 5.00. The van der Waals surface area contributed by atoms with Crippen LogP contribution in [0.3, 0.4) is 0 Å². The van der Waals surface area contributed by atoms with E-state index in [2.05, 4.69) is 15.2 Å². The number of pyridine rings is 1. The van der Waals surface area contributed by atoms with Gasteiger partial charge in [0.05, 0.1) is 48.7 Å². The molecule has 2 aromatic heterocycles. The minimum absolute atomic E-state index is 0.238. The highest BCUT2D eigenvalue weighted by Gasteiger charge is 2.21. The number of hydrogen-bond acceptors (Lipinski definition) is 7. The predicted molar refractivity (Wildman–Crippen MR) is 119 cm³/mol. The molecule has 8 heteroatoms. The zero-order valence-electron chi connectivity index (χ0n) is 17.8. The molecule has 0 aliphatic rings. The monoisotopic (exact) mass is 431 g/mol. The zero-order valence-corrected chi connectivity index (χ0v) is 17.8. The molecule has 2 aromatic carbocycles. The standard InChI is InChI=1S/C24H21N3O5/c1-4-32-24(29)18-13-19(14-5-7-16(8-6-14)23(28)31-3)25-22-20(18)21(26-27-22)15-9-11-17(30-2)12-10-15/h5-13H,4H2,1-3H3,(H,25,26,27). The van der Waals surface area contributed by atoms with E-state index in [1.807, 2.05) is 24.3 Å². The summed E-state index contributed by atoms with van der Waals surface area (Å²) in [5.41, 5.74) is 3.90. The molecule has 162 valence electrons. The van der Waals surface area contributed by atoms with E-state index in [-0.39, 0.29) is 6.61 Å². The maximum atomic E-state index is 12.8. The number of benzene rings is 2. The molecular formula is C24H21N3O5. The molecule has 0 saturated carbocycles. The van der Waals surface area contributed by atoms with Crippen molar-refractivity contribution in [3.63, 3.8) is 0 Å². The summed E-state index contributed by atoms with van der Waals surface area (Å²) in [6, 6.07) is 15.9. The Morgan fingerprint density at radius 3 is 2.25 bits per heavy atom. The topological polar surface area (TPSA) is 103 Å². The third kappa shape index (κ3) is 3.90. The molecule has 4 rings (SSSR count). The van der Waals surface area contributed by atoms with Crippen LogP contribution in [0.4, 0.5) is 0 Å². The molecule has 0 bridgehead atoms. The molecule has 8 nitrogen and oxygen atoms in total. The molecule has 0 aliphatic carbocycles. The van der Waals surface area contributed by atoms with Gasteiger partial charge in [0, 0.05) is 11.1 Å². The number of nitrogens with one attached hydrogen (secondary N) is 1. The van der Waals surface area contributed by atoms with Gasteiger partial charge in [-0.1, -0.05) is 12.1 Å². The molecule has 4 aromatic rings. The maximum absolute atomic E-state index is 12.8. The van der Waals surface area contributed by atoms with Crippen LogP contribution in [-0.2, 0) is 9.47 Å². The number of aromatic nitrogens is 3. The van der Waals surface area contributed by atoms with Crippen molar-refractivity contribution in [2.24, 2.45) is 0 Å². The van der Waals surface area contributed by atoms with E-state index in [0.29, 0.717) is 33.5 Å². The van der Waals surface area contributed by atoms with Gasteiger partial charge in [0.2, 0.25) is 0 Å². The Morgan fingerprint density at radius 2 is 1.62 bits per heavy atom. The number of esters is 2. The second kappa shape index (κ2) is 8.89. The first-order valence-corrected chi connectivity index (χ1v) is 9.95. The van der Waals surface area contributed by atoms with Gasteiger partial charge in [-0.2, -0.15) is 5.10 Å². The van der Waals surface area contributed by atoms with Gasteiger partial charge in [0.25, 0.3) is 0 Å². The minimum atomic E-state index is -0.469. The molecule has 0 spiro atoms. The Bertz CT molecular complexity index is 1280. The number of carbonyl (C=O) groups is 2. The van der Waals surface area contributed by atoms with E-state index >= 15 is 0 Å². The normalized spacial score (nSPS) is 10.7. The average Bonchev–Trinajstić information content (AvgIpc) is 3.27. The molecule has 0 radical (unpaired) electrons. The molecule has 0 fully saturated rings. The molecule has 0 atom stereocenters. The average molecular weight is 431 g/mol. The number of H-pyrrole nitrogens is 1. The fourth-order valence-electron chi connectivity index (χ4n) is 3.40. The van der Waals surface area contributed by atoms with Gasteiger partial charge >= 0.3 is 11.9 Å². The number of nitrogens with zero attached hydrogens (tertiary/aromatic N) is 2. The van der Waals surface area contributed by atoms with E-state index in [1.165, 1.54) is 7.11 Å². The van der Waals surface area contributed by atoms with Crippen molar-refractivity contribution < 1.29 is 23.8 Å². The van der Waals surface area contributed by atoms with Crippen molar-refractivity contribution >= 4 is 23.0 Å². The quantitative estimate of drug-likeness (QED) is 0.455. The minimum Gasteiger partial charge on any atom is -0.497 e. The smallest absolute Gasteiger partial charge is 0.339 e. The highest BCUT2D eigenvalue weighted by Crippen LogP contribution is 2.32. The summed E-state index contributed by atoms with van der Waals surface area (Å²) in [6.07, 6.45) is 0. The Labute approximate surface area is 184 Å². The highest BCUT2D eigenvalue weighted by molar-refractivity contribution is 6.09. The summed E-state index contributed by atoms with van der Waals surface area (Å²) in [5.74, 6) is -0.175. The van der Waals surface area contributed by atoms with E-state index in [1.54, 1.807) is 44.4 Å². The number of ether oxygens (including phenoxy) is 3. The lowest BCUT2D eigenvalue weighted by atomic mass is 10.0. The SMILES string of the molecule is CCOC(=O)c1cc(-c2ccc(C(=O)OC)cc2)nc2n[nH]c(-c3ccc(OC)cc3)c12. The van der Waals surface area contributed by atoms with Crippen LogP contribution in [0, 0.1) is 0 Å². The van der Waals surface area contributed by atoms with E-state index in [9.17, 15) is 9.59 Å². The molecule has 32 heavy (non-hydrogen) atoms. The molecule has 0 saturated heterocycles. The molecule has 1 N–H and O–H groups in total. The van der Waals surface area contributed by atoms with Crippen LogP contribution in [0.25, 0.3) is 33.5 Å². The second-order valence-electron chi connectivity index (χ2n) is 6.87. The van der Waals surface area contributed by atoms with Crippen LogP contribution >= 0.6 is 0 Å². The number of rotatable bonds is 6. The summed E-state index contributed by atoms with van der Waals surface area (Å²) >= 11 is 0. The molecule has 0 aliphatic heterocycles. The largest absolute Gasteiger partial charge is 0.497 e. The summed E-state index contributed by atoms with van der Waals surface area (Å²) in [5, 5.41) is 7.90. The highest BCUT2D eigenvalue weighted by atomic mass is 16.5. The Morgan fingerprint density at radius 1 is 0.938 bits per heavy atom. The number of fused-ring (bicyclic) bond motifs is 1. The van der Waals surface area contributed by atoms with Gasteiger partial charge in [-0.3, -0.25) is 5.10 Å². The molecular weight excluding hydrogens is 410 g/mol.